The van der Waals surface area contributed by atoms with Crippen LogP contribution in [0.2, 0.25) is 5.02 Å². The Morgan fingerprint density at radius 3 is 2.52 bits per heavy atom. The molecule has 1 atom stereocenters. The maximum atomic E-state index is 13.3. The summed E-state index contributed by atoms with van der Waals surface area (Å²) >= 11 is 6.16. The van der Waals surface area contributed by atoms with Crippen LogP contribution in [0.1, 0.15) is 18.9 Å². The SMILES string of the molecule is CCC[S+](C)c1c([O-])c2ccc(Cl)cc2n(Cc2ccc(OC)cc2)c1=O. The highest BCUT2D eigenvalue weighted by Gasteiger charge is 2.24. The maximum absolute atomic E-state index is 13.3. The zero-order valence-electron chi connectivity index (χ0n) is 15.6. The van der Waals surface area contributed by atoms with Crippen LogP contribution in [-0.2, 0) is 17.4 Å². The second-order valence-electron chi connectivity index (χ2n) is 6.40. The molecule has 3 aromatic rings. The van der Waals surface area contributed by atoms with Crippen molar-refractivity contribution in [3.05, 3.63) is 63.4 Å². The van der Waals surface area contributed by atoms with Gasteiger partial charge in [0.15, 0.2) is 0 Å². The Balaban J connectivity index is 2.21. The first kappa shape index (κ1) is 19.6. The van der Waals surface area contributed by atoms with Gasteiger partial charge in [0.25, 0.3) is 0 Å². The lowest BCUT2D eigenvalue weighted by Gasteiger charge is -2.19. The van der Waals surface area contributed by atoms with Crippen molar-refractivity contribution in [1.29, 1.82) is 0 Å². The molecule has 1 aromatic heterocycles. The van der Waals surface area contributed by atoms with E-state index >= 15 is 0 Å². The molecule has 1 heterocycles. The van der Waals surface area contributed by atoms with Crippen molar-refractivity contribution in [2.24, 2.45) is 0 Å². The molecule has 0 aliphatic carbocycles. The summed E-state index contributed by atoms with van der Waals surface area (Å²) in [5.41, 5.74) is 1.31. The number of rotatable bonds is 6. The third-order valence-corrected chi connectivity index (χ3v) is 6.81. The van der Waals surface area contributed by atoms with Crippen LogP contribution in [0.5, 0.6) is 11.5 Å². The first-order valence-corrected chi connectivity index (χ1v) is 10.9. The lowest BCUT2D eigenvalue weighted by atomic mass is 10.1. The molecular weight excluding hydrogens is 382 g/mol. The molecule has 4 nitrogen and oxygen atoms in total. The first-order chi connectivity index (χ1) is 13.0. The molecule has 27 heavy (non-hydrogen) atoms. The molecule has 1 unspecified atom stereocenters. The molecule has 0 bridgehead atoms. The lowest BCUT2D eigenvalue weighted by molar-refractivity contribution is -0.270. The fourth-order valence-electron chi connectivity index (χ4n) is 3.16. The number of benzene rings is 2. The smallest absolute Gasteiger partial charge is 0.306 e. The van der Waals surface area contributed by atoms with E-state index in [0.717, 1.165) is 23.5 Å². The van der Waals surface area contributed by atoms with E-state index in [-0.39, 0.29) is 11.3 Å². The van der Waals surface area contributed by atoms with Gasteiger partial charge in [-0.3, -0.25) is 9.36 Å². The van der Waals surface area contributed by atoms with E-state index in [1.54, 1.807) is 29.9 Å². The molecule has 0 aliphatic rings. The number of halogens is 1. The Kier molecular flexibility index (Phi) is 6.02. The Labute approximate surface area is 166 Å². The van der Waals surface area contributed by atoms with Crippen LogP contribution >= 0.6 is 11.6 Å². The average Bonchev–Trinajstić information content (AvgIpc) is 2.66. The molecule has 0 amide bonds. The zero-order valence-corrected chi connectivity index (χ0v) is 17.2. The monoisotopic (exact) mass is 403 g/mol. The molecule has 0 saturated heterocycles. The van der Waals surface area contributed by atoms with E-state index in [4.69, 9.17) is 16.3 Å². The third-order valence-electron chi connectivity index (χ3n) is 4.50. The predicted molar refractivity (Wildman–Crippen MR) is 111 cm³/mol. The van der Waals surface area contributed by atoms with E-state index in [1.807, 2.05) is 30.5 Å². The summed E-state index contributed by atoms with van der Waals surface area (Å²) in [7, 11) is 1.23. The van der Waals surface area contributed by atoms with Gasteiger partial charge < -0.3 is 9.84 Å². The van der Waals surface area contributed by atoms with Gasteiger partial charge in [0.1, 0.15) is 17.8 Å². The van der Waals surface area contributed by atoms with Crippen LogP contribution in [0.15, 0.2) is 52.2 Å². The van der Waals surface area contributed by atoms with Crippen molar-refractivity contribution in [2.45, 2.75) is 24.8 Å². The van der Waals surface area contributed by atoms with Crippen molar-refractivity contribution in [3.8, 4) is 11.5 Å². The Morgan fingerprint density at radius 1 is 1.19 bits per heavy atom. The van der Waals surface area contributed by atoms with Gasteiger partial charge in [-0.15, -0.1) is 0 Å². The van der Waals surface area contributed by atoms with Crippen molar-refractivity contribution < 1.29 is 9.84 Å². The highest BCUT2D eigenvalue weighted by atomic mass is 35.5. The first-order valence-electron chi connectivity index (χ1n) is 8.74. The number of methoxy groups -OCH3 is 1. The molecule has 2 aromatic carbocycles. The summed E-state index contributed by atoms with van der Waals surface area (Å²) in [6, 6.07) is 12.7. The van der Waals surface area contributed by atoms with Crippen LogP contribution in [0.3, 0.4) is 0 Å². The molecule has 0 spiro atoms. The van der Waals surface area contributed by atoms with Gasteiger partial charge >= 0.3 is 5.56 Å². The summed E-state index contributed by atoms with van der Waals surface area (Å²) in [6.07, 6.45) is 2.90. The molecular formula is C21H22ClNO3S. The normalized spacial score (nSPS) is 12.3. The fraction of sp³-hybridized carbons (Fsp3) is 0.286. The average molecular weight is 404 g/mol. The van der Waals surface area contributed by atoms with Gasteiger partial charge in [-0.25, -0.2) is 0 Å². The topological polar surface area (TPSA) is 54.3 Å². The zero-order chi connectivity index (χ0) is 19.6. The lowest BCUT2D eigenvalue weighted by Crippen LogP contribution is -2.29. The number of hydrogen-bond acceptors (Lipinski definition) is 3. The Morgan fingerprint density at radius 2 is 1.89 bits per heavy atom. The minimum absolute atomic E-state index is 0.170. The van der Waals surface area contributed by atoms with E-state index < -0.39 is 10.9 Å². The number of fused-ring (bicyclic) bond motifs is 1. The van der Waals surface area contributed by atoms with Crippen LogP contribution < -0.4 is 15.4 Å². The second kappa shape index (κ2) is 8.28. The van der Waals surface area contributed by atoms with Crippen molar-refractivity contribution >= 4 is 33.4 Å². The Hall–Kier alpha value is -2.11. The molecule has 0 N–H and O–H groups in total. The molecule has 0 saturated carbocycles. The second-order valence-corrected chi connectivity index (χ2v) is 8.93. The highest BCUT2D eigenvalue weighted by molar-refractivity contribution is 7.96. The van der Waals surface area contributed by atoms with Crippen molar-refractivity contribution in [1.82, 2.24) is 4.57 Å². The minimum atomic E-state index is -0.390. The molecule has 142 valence electrons. The minimum Gasteiger partial charge on any atom is -0.868 e. The van der Waals surface area contributed by atoms with Gasteiger partial charge in [0.05, 0.1) is 19.2 Å². The summed E-state index contributed by atoms with van der Waals surface area (Å²) in [5, 5.41) is 14.0. The van der Waals surface area contributed by atoms with Crippen LogP contribution in [0, 0.1) is 0 Å². The number of aromatic nitrogens is 1. The van der Waals surface area contributed by atoms with Crippen LogP contribution in [0.25, 0.3) is 10.9 Å². The van der Waals surface area contributed by atoms with Crippen LogP contribution in [-0.4, -0.2) is 23.7 Å². The summed E-state index contributed by atoms with van der Waals surface area (Å²) in [5.74, 6) is 1.41. The Bertz CT molecular complexity index is 1010. The molecule has 6 heteroatoms. The number of pyridine rings is 1. The van der Waals surface area contributed by atoms with Crippen LogP contribution in [0.4, 0.5) is 0 Å². The molecule has 0 aliphatic heterocycles. The molecule has 3 rings (SSSR count). The van der Waals surface area contributed by atoms with E-state index in [2.05, 4.69) is 6.92 Å². The molecule has 0 fully saturated rings. The quantitative estimate of drug-likeness (QED) is 0.588. The van der Waals surface area contributed by atoms with Crippen molar-refractivity contribution in [2.75, 3.05) is 19.1 Å². The molecule has 0 radical (unpaired) electrons. The standard InChI is InChI=1S/C21H22ClNO3S/c1-4-11-27(3)20-19(24)17-10-7-15(22)12-18(17)23(21(20)25)13-14-5-8-16(26-2)9-6-14/h5-10,12H,4,11,13H2,1-3H3. The predicted octanol–water partition coefficient (Wildman–Crippen LogP) is 3.80. The van der Waals surface area contributed by atoms with Gasteiger partial charge in [-0.1, -0.05) is 36.7 Å². The van der Waals surface area contributed by atoms with Crippen molar-refractivity contribution in [3.63, 3.8) is 0 Å². The summed E-state index contributed by atoms with van der Waals surface area (Å²) in [4.78, 5) is 13.6. The van der Waals surface area contributed by atoms with E-state index in [0.29, 0.717) is 27.4 Å². The number of hydrogen-bond donors (Lipinski definition) is 0. The van der Waals surface area contributed by atoms with E-state index in [1.165, 1.54) is 0 Å². The number of ether oxygens (including phenoxy) is 1. The van der Waals surface area contributed by atoms with Gasteiger partial charge in [-0.2, -0.15) is 0 Å². The van der Waals surface area contributed by atoms with Gasteiger partial charge in [-0.05, 0) is 47.4 Å². The van der Waals surface area contributed by atoms with E-state index in [9.17, 15) is 9.90 Å². The van der Waals surface area contributed by atoms with Gasteiger partial charge in [0, 0.05) is 15.9 Å². The summed E-state index contributed by atoms with van der Waals surface area (Å²) in [6.45, 7) is 2.43. The number of nitrogens with zero attached hydrogens (tertiary/aromatic N) is 1. The third kappa shape index (κ3) is 3.94. The maximum Gasteiger partial charge on any atom is 0.306 e. The highest BCUT2D eigenvalue weighted by Crippen LogP contribution is 2.30. The largest absolute Gasteiger partial charge is 0.868 e. The fourth-order valence-corrected chi connectivity index (χ4v) is 4.98. The summed E-state index contributed by atoms with van der Waals surface area (Å²) < 4.78 is 6.86. The van der Waals surface area contributed by atoms with Gasteiger partial charge in [0.2, 0.25) is 4.90 Å².